The molecule has 2 N–H and O–H groups in total. The summed E-state index contributed by atoms with van der Waals surface area (Å²) < 4.78 is 21.7. The normalized spacial score (nSPS) is 11.2. The fraction of sp³-hybridized carbons (Fsp3) is 0.143. The molecule has 0 aliphatic rings. The summed E-state index contributed by atoms with van der Waals surface area (Å²) in [4.78, 5) is 22.3. The molecule has 3 rings (SSSR count). The number of halogens is 1. The monoisotopic (exact) mass is 536 g/mol. The molecule has 172 valence electrons. The van der Waals surface area contributed by atoms with Crippen LogP contribution in [0, 0.1) is 0 Å². The molecule has 0 spiro atoms. The Morgan fingerprint density at radius 3 is 2.36 bits per heavy atom. The zero-order valence-corrected chi connectivity index (χ0v) is 19.7. The van der Waals surface area contributed by atoms with Crippen LogP contribution in [0.3, 0.4) is 0 Å². The topological polar surface area (TPSA) is 141 Å². The van der Waals surface area contributed by atoms with Crippen molar-refractivity contribution in [1.29, 1.82) is 0 Å². The number of carboxylic acid groups (broad SMARTS) is 2. The Bertz CT molecular complexity index is 1190. The zero-order valence-electron chi connectivity index (χ0n) is 17.3. The third-order valence-electron chi connectivity index (χ3n) is 4.02. The third-order valence-corrected chi connectivity index (χ3v) is 5.49. The van der Waals surface area contributed by atoms with E-state index in [0.717, 1.165) is 11.8 Å². The summed E-state index contributed by atoms with van der Waals surface area (Å²) in [7, 11) is 3.03. The van der Waals surface area contributed by atoms with Gasteiger partial charge in [-0.2, -0.15) is 0 Å². The Balaban J connectivity index is 1.82. The molecule has 0 saturated carbocycles. The van der Waals surface area contributed by atoms with Crippen molar-refractivity contribution in [3.8, 4) is 28.7 Å². The summed E-state index contributed by atoms with van der Waals surface area (Å²) in [6.45, 7) is -0.497. The maximum absolute atomic E-state index is 11.8. The van der Waals surface area contributed by atoms with Crippen LogP contribution in [0.1, 0.15) is 5.56 Å². The number of hydrogen-bond donors (Lipinski definition) is 2. The van der Waals surface area contributed by atoms with Crippen LogP contribution in [0.25, 0.3) is 17.5 Å². The van der Waals surface area contributed by atoms with Gasteiger partial charge in [-0.15, -0.1) is 10.2 Å². The predicted octanol–water partition coefficient (Wildman–Crippen LogP) is 4.20. The number of carboxylic acids is 2. The lowest BCUT2D eigenvalue weighted by Gasteiger charge is -2.07. The first-order valence-electron chi connectivity index (χ1n) is 9.13. The Kier molecular flexibility index (Phi) is 7.96. The van der Waals surface area contributed by atoms with Crippen LogP contribution in [-0.2, 0) is 9.59 Å². The van der Waals surface area contributed by atoms with Gasteiger partial charge in [0.2, 0.25) is 5.89 Å². The zero-order chi connectivity index (χ0) is 24.0. The highest BCUT2D eigenvalue weighted by Gasteiger charge is 2.17. The summed E-state index contributed by atoms with van der Waals surface area (Å²) in [6.07, 6.45) is 1.41. The molecule has 1 heterocycles. The summed E-state index contributed by atoms with van der Waals surface area (Å²) in [6, 6.07) is 9.78. The van der Waals surface area contributed by atoms with Gasteiger partial charge in [0.05, 0.1) is 18.7 Å². The fourth-order valence-electron chi connectivity index (χ4n) is 2.54. The van der Waals surface area contributed by atoms with Gasteiger partial charge in [0, 0.05) is 11.6 Å². The third kappa shape index (κ3) is 6.49. The van der Waals surface area contributed by atoms with Gasteiger partial charge in [0.15, 0.2) is 6.61 Å². The van der Waals surface area contributed by atoms with Crippen LogP contribution >= 0.6 is 27.7 Å². The van der Waals surface area contributed by atoms with Crippen LogP contribution in [0.15, 0.2) is 55.4 Å². The Labute approximate surface area is 200 Å². The molecule has 33 heavy (non-hydrogen) atoms. The van der Waals surface area contributed by atoms with Crippen LogP contribution in [0.4, 0.5) is 0 Å². The molecule has 0 unspecified atom stereocenters. The van der Waals surface area contributed by atoms with Gasteiger partial charge in [0.25, 0.3) is 5.22 Å². The minimum Gasteiger partial charge on any atom is -0.497 e. The van der Waals surface area contributed by atoms with Crippen LogP contribution in [-0.4, -0.2) is 53.2 Å². The molecule has 0 amide bonds. The van der Waals surface area contributed by atoms with Crippen LogP contribution in [0.2, 0.25) is 0 Å². The van der Waals surface area contributed by atoms with Crippen molar-refractivity contribution in [3.63, 3.8) is 0 Å². The van der Waals surface area contributed by atoms with Gasteiger partial charge in [-0.05, 0) is 63.6 Å². The SMILES string of the molecule is COc1cc(OC)cc(-c2nnc(S/C(=C/c3ccc(OCC(=O)O)c(Br)c3)C(=O)O)o2)c1. The van der Waals surface area contributed by atoms with E-state index in [1.807, 2.05) is 0 Å². The highest BCUT2D eigenvalue weighted by atomic mass is 79.9. The second kappa shape index (κ2) is 10.9. The van der Waals surface area contributed by atoms with Crippen molar-refractivity contribution in [3.05, 3.63) is 51.3 Å². The summed E-state index contributed by atoms with van der Waals surface area (Å²) in [5, 5.41) is 26.2. The number of ether oxygens (including phenoxy) is 3. The minimum atomic E-state index is -1.19. The molecule has 0 bridgehead atoms. The standard InChI is InChI=1S/C21H17BrN2O8S/c1-29-13-7-12(8-14(9-13)30-2)19-23-24-21(32-19)33-17(20(27)28)6-11-3-4-16(15(22)5-11)31-10-18(25)26/h3-9H,10H2,1-2H3,(H,25,26)(H,27,28)/b17-6+. The first-order chi connectivity index (χ1) is 15.8. The lowest BCUT2D eigenvalue weighted by atomic mass is 10.2. The molecule has 0 radical (unpaired) electrons. The molecule has 0 aliphatic carbocycles. The Morgan fingerprint density at radius 2 is 1.79 bits per heavy atom. The van der Waals surface area contributed by atoms with Crippen molar-refractivity contribution < 1.29 is 38.4 Å². The van der Waals surface area contributed by atoms with Gasteiger partial charge in [-0.3, -0.25) is 0 Å². The van der Waals surface area contributed by atoms with E-state index in [2.05, 4.69) is 26.1 Å². The van der Waals surface area contributed by atoms with E-state index < -0.39 is 18.5 Å². The molecule has 10 nitrogen and oxygen atoms in total. The first kappa shape index (κ1) is 24.1. The van der Waals surface area contributed by atoms with Crippen molar-refractivity contribution >= 4 is 45.7 Å². The van der Waals surface area contributed by atoms with Crippen molar-refractivity contribution in [2.75, 3.05) is 20.8 Å². The van der Waals surface area contributed by atoms with Gasteiger partial charge in [0.1, 0.15) is 22.2 Å². The molecular formula is C21H17BrN2O8S. The molecular weight excluding hydrogens is 520 g/mol. The van der Waals surface area contributed by atoms with E-state index >= 15 is 0 Å². The van der Waals surface area contributed by atoms with E-state index in [1.165, 1.54) is 26.4 Å². The number of aliphatic carboxylic acids is 2. The van der Waals surface area contributed by atoms with Gasteiger partial charge < -0.3 is 28.8 Å². The van der Waals surface area contributed by atoms with E-state index in [-0.39, 0.29) is 16.0 Å². The van der Waals surface area contributed by atoms with E-state index in [1.54, 1.807) is 30.3 Å². The highest BCUT2D eigenvalue weighted by molar-refractivity contribution is 9.10. The maximum Gasteiger partial charge on any atom is 0.342 e. The average molecular weight is 537 g/mol. The number of nitrogens with zero attached hydrogens (tertiary/aromatic N) is 2. The molecule has 0 atom stereocenters. The lowest BCUT2D eigenvalue weighted by Crippen LogP contribution is -2.09. The quantitative estimate of drug-likeness (QED) is 0.284. The van der Waals surface area contributed by atoms with Gasteiger partial charge in [-0.1, -0.05) is 6.07 Å². The van der Waals surface area contributed by atoms with Crippen LogP contribution < -0.4 is 14.2 Å². The smallest absolute Gasteiger partial charge is 0.342 e. The van der Waals surface area contributed by atoms with Crippen molar-refractivity contribution in [2.24, 2.45) is 0 Å². The average Bonchev–Trinajstić information content (AvgIpc) is 3.26. The molecule has 12 heteroatoms. The number of aromatic nitrogens is 2. The van der Waals surface area contributed by atoms with E-state index in [0.29, 0.717) is 32.8 Å². The van der Waals surface area contributed by atoms with E-state index in [4.69, 9.17) is 23.7 Å². The number of thioether (sulfide) groups is 1. The summed E-state index contributed by atoms with van der Waals surface area (Å²) in [5.74, 6) is -0.753. The van der Waals surface area contributed by atoms with Crippen LogP contribution in [0.5, 0.6) is 17.2 Å². The predicted molar refractivity (Wildman–Crippen MR) is 122 cm³/mol. The van der Waals surface area contributed by atoms with Gasteiger partial charge in [-0.25, -0.2) is 9.59 Å². The summed E-state index contributed by atoms with van der Waals surface area (Å²) >= 11 is 4.07. The number of rotatable bonds is 10. The number of hydrogen-bond acceptors (Lipinski definition) is 9. The molecule has 0 aliphatic heterocycles. The fourth-order valence-corrected chi connectivity index (χ4v) is 3.73. The molecule has 0 saturated heterocycles. The second-order valence-corrected chi connectivity index (χ2v) is 8.11. The number of methoxy groups -OCH3 is 2. The van der Waals surface area contributed by atoms with Crippen molar-refractivity contribution in [2.45, 2.75) is 5.22 Å². The Morgan fingerprint density at radius 1 is 1.09 bits per heavy atom. The molecule has 3 aromatic rings. The highest BCUT2D eigenvalue weighted by Crippen LogP contribution is 2.34. The second-order valence-electron chi connectivity index (χ2n) is 6.26. The molecule has 0 fully saturated rings. The summed E-state index contributed by atoms with van der Waals surface area (Å²) in [5.41, 5.74) is 1.08. The largest absolute Gasteiger partial charge is 0.497 e. The first-order valence-corrected chi connectivity index (χ1v) is 10.7. The van der Waals surface area contributed by atoms with Gasteiger partial charge >= 0.3 is 11.9 Å². The lowest BCUT2D eigenvalue weighted by molar-refractivity contribution is -0.139. The molecule has 2 aromatic carbocycles. The number of carbonyl (C=O) groups is 2. The maximum atomic E-state index is 11.8. The van der Waals surface area contributed by atoms with Crippen molar-refractivity contribution in [1.82, 2.24) is 10.2 Å². The minimum absolute atomic E-state index is 0.0286. The Hall–Kier alpha value is -3.51. The molecule has 1 aromatic heterocycles. The van der Waals surface area contributed by atoms with E-state index in [9.17, 15) is 14.7 Å². The number of benzene rings is 2.